The van der Waals surface area contributed by atoms with E-state index in [1.165, 1.54) is 17.8 Å². The van der Waals surface area contributed by atoms with Gasteiger partial charge in [-0.2, -0.15) is 0 Å². The van der Waals surface area contributed by atoms with Gasteiger partial charge < -0.3 is 5.73 Å². The fourth-order valence-electron chi connectivity index (χ4n) is 1.92. The van der Waals surface area contributed by atoms with Crippen molar-refractivity contribution in [2.45, 2.75) is 37.6 Å². The van der Waals surface area contributed by atoms with Crippen LogP contribution in [0.3, 0.4) is 0 Å². The summed E-state index contributed by atoms with van der Waals surface area (Å²) in [6, 6.07) is 1.65. The summed E-state index contributed by atoms with van der Waals surface area (Å²) in [4.78, 5) is 1.23. The van der Waals surface area contributed by atoms with Gasteiger partial charge in [0.1, 0.15) is 0 Å². The summed E-state index contributed by atoms with van der Waals surface area (Å²) in [5.41, 5.74) is 5.63. The van der Waals surface area contributed by atoms with Crippen LogP contribution in [0.15, 0.2) is 16.3 Å². The van der Waals surface area contributed by atoms with Crippen LogP contribution in [0.2, 0.25) is 0 Å². The van der Waals surface area contributed by atoms with Gasteiger partial charge in [0, 0.05) is 23.3 Å². The molecule has 1 heterocycles. The van der Waals surface area contributed by atoms with Gasteiger partial charge in [-0.1, -0.05) is 13.3 Å². The molecule has 4 nitrogen and oxygen atoms in total. The SMILES string of the molecule is CC1(CNS(=O)(=O)c2csc(CN)c2)CCC1. The lowest BCUT2D eigenvalue weighted by molar-refractivity contribution is 0.166. The number of rotatable bonds is 5. The molecule has 1 saturated carbocycles. The van der Waals surface area contributed by atoms with E-state index < -0.39 is 10.0 Å². The van der Waals surface area contributed by atoms with Crippen LogP contribution >= 0.6 is 11.3 Å². The van der Waals surface area contributed by atoms with Gasteiger partial charge >= 0.3 is 0 Å². The Bertz CT molecular complexity index is 489. The second-order valence-electron chi connectivity index (χ2n) is 4.94. The van der Waals surface area contributed by atoms with Gasteiger partial charge in [-0.15, -0.1) is 11.3 Å². The van der Waals surface area contributed by atoms with Gasteiger partial charge in [0.15, 0.2) is 0 Å². The zero-order valence-corrected chi connectivity index (χ0v) is 11.5. The molecular formula is C11H18N2O2S2. The average molecular weight is 274 g/mol. The smallest absolute Gasteiger partial charge is 0.241 e. The van der Waals surface area contributed by atoms with Crippen molar-refractivity contribution in [1.82, 2.24) is 4.72 Å². The van der Waals surface area contributed by atoms with Crippen molar-refractivity contribution in [2.24, 2.45) is 11.1 Å². The summed E-state index contributed by atoms with van der Waals surface area (Å²) >= 11 is 1.39. The van der Waals surface area contributed by atoms with Crippen LogP contribution in [0, 0.1) is 5.41 Å². The average Bonchev–Trinajstić information content (AvgIpc) is 2.73. The van der Waals surface area contributed by atoms with Gasteiger partial charge in [0.2, 0.25) is 10.0 Å². The van der Waals surface area contributed by atoms with Crippen LogP contribution in [0.5, 0.6) is 0 Å². The summed E-state index contributed by atoms with van der Waals surface area (Å²) in [6.45, 7) is 3.04. The minimum Gasteiger partial charge on any atom is -0.326 e. The first kappa shape index (κ1) is 13.0. The van der Waals surface area contributed by atoms with E-state index in [0.29, 0.717) is 18.0 Å². The van der Waals surface area contributed by atoms with E-state index in [1.54, 1.807) is 11.4 Å². The minimum atomic E-state index is -3.35. The molecule has 1 aromatic heterocycles. The Labute approximate surface area is 106 Å². The van der Waals surface area contributed by atoms with Gasteiger partial charge in [0.05, 0.1) is 4.90 Å². The van der Waals surface area contributed by atoms with Crippen molar-refractivity contribution in [3.63, 3.8) is 0 Å². The van der Waals surface area contributed by atoms with Crippen molar-refractivity contribution in [3.05, 3.63) is 16.3 Å². The van der Waals surface area contributed by atoms with Crippen LogP contribution in [0.4, 0.5) is 0 Å². The first-order valence-electron chi connectivity index (χ1n) is 5.72. The first-order chi connectivity index (χ1) is 7.95. The zero-order valence-electron chi connectivity index (χ0n) is 9.90. The van der Waals surface area contributed by atoms with Crippen LogP contribution in [-0.2, 0) is 16.6 Å². The molecule has 6 heteroatoms. The Kier molecular flexibility index (Phi) is 3.58. The van der Waals surface area contributed by atoms with Crippen LogP contribution in [0.25, 0.3) is 0 Å². The standard InChI is InChI=1S/C11H18N2O2S2/c1-11(3-2-4-11)8-13-17(14,15)10-5-9(6-12)16-7-10/h5,7,13H,2-4,6,8,12H2,1H3. The summed E-state index contributed by atoms with van der Waals surface area (Å²) < 4.78 is 26.7. The molecular weight excluding hydrogens is 256 g/mol. The molecule has 0 bridgehead atoms. The number of nitrogens with one attached hydrogen (secondary N) is 1. The predicted octanol–water partition coefficient (Wildman–Crippen LogP) is 1.68. The highest BCUT2D eigenvalue weighted by molar-refractivity contribution is 7.89. The van der Waals surface area contributed by atoms with Crippen LogP contribution in [-0.4, -0.2) is 15.0 Å². The Hall–Kier alpha value is -0.430. The largest absolute Gasteiger partial charge is 0.326 e. The zero-order chi connectivity index (χ0) is 12.5. The molecule has 0 amide bonds. The second-order valence-corrected chi connectivity index (χ2v) is 7.70. The molecule has 0 radical (unpaired) electrons. The third kappa shape index (κ3) is 2.88. The van der Waals surface area contributed by atoms with E-state index in [9.17, 15) is 8.42 Å². The predicted molar refractivity (Wildman–Crippen MR) is 69.4 cm³/mol. The van der Waals surface area contributed by atoms with E-state index in [4.69, 9.17) is 5.73 Å². The summed E-state index contributed by atoms with van der Waals surface area (Å²) in [5.74, 6) is 0. The fraction of sp³-hybridized carbons (Fsp3) is 0.636. The fourth-order valence-corrected chi connectivity index (χ4v) is 4.27. The maximum Gasteiger partial charge on any atom is 0.241 e. The van der Waals surface area contributed by atoms with Crippen LogP contribution in [0.1, 0.15) is 31.1 Å². The van der Waals surface area contributed by atoms with Crippen molar-refractivity contribution in [3.8, 4) is 0 Å². The summed E-state index contributed by atoms with van der Waals surface area (Å²) in [6.07, 6.45) is 3.41. The van der Waals surface area contributed by atoms with Gasteiger partial charge in [-0.05, 0) is 24.3 Å². The molecule has 1 aliphatic carbocycles. The first-order valence-corrected chi connectivity index (χ1v) is 8.09. The number of hydrogen-bond acceptors (Lipinski definition) is 4. The molecule has 1 aliphatic rings. The Morgan fingerprint density at radius 2 is 2.24 bits per heavy atom. The Balaban J connectivity index is 2.03. The highest BCUT2D eigenvalue weighted by atomic mass is 32.2. The molecule has 0 aliphatic heterocycles. The number of hydrogen-bond donors (Lipinski definition) is 2. The lowest BCUT2D eigenvalue weighted by Crippen LogP contribution is -2.39. The maximum atomic E-state index is 12.0. The lowest BCUT2D eigenvalue weighted by atomic mass is 9.71. The Morgan fingerprint density at radius 1 is 1.53 bits per heavy atom. The molecule has 0 aromatic carbocycles. The normalized spacial score (nSPS) is 18.9. The maximum absolute atomic E-state index is 12.0. The van der Waals surface area contributed by atoms with Crippen molar-refractivity contribution >= 4 is 21.4 Å². The molecule has 0 atom stereocenters. The third-order valence-electron chi connectivity index (χ3n) is 3.39. The molecule has 1 fully saturated rings. The van der Waals surface area contributed by atoms with E-state index in [-0.39, 0.29) is 5.41 Å². The molecule has 1 aromatic rings. The van der Waals surface area contributed by atoms with E-state index in [2.05, 4.69) is 11.6 Å². The van der Waals surface area contributed by atoms with Crippen molar-refractivity contribution < 1.29 is 8.42 Å². The van der Waals surface area contributed by atoms with Gasteiger partial charge in [0.25, 0.3) is 0 Å². The molecule has 0 spiro atoms. The minimum absolute atomic E-state index is 0.153. The van der Waals surface area contributed by atoms with Gasteiger partial charge in [-0.3, -0.25) is 0 Å². The number of thiophene rings is 1. The molecule has 17 heavy (non-hydrogen) atoms. The number of sulfonamides is 1. The lowest BCUT2D eigenvalue weighted by Gasteiger charge is -2.38. The molecule has 2 rings (SSSR count). The Morgan fingerprint density at radius 3 is 2.71 bits per heavy atom. The molecule has 3 N–H and O–H groups in total. The van der Waals surface area contributed by atoms with Crippen LogP contribution < -0.4 is 10.5 Å². The van der Waals surface area contributed by atoms with Crippen molar-refractivity contribution in [1.29, 1.82) is 0 Å². The second kappa shape index (κ2) is 4.68. The third-order valence-corrected chi connectivity index (χ3v) is 5.88. The topological polar surface area (TPSA) is 72.2 Å². The number of nitrogens with two attached hydrogens (primary N) is 1. The van der Waals surface area contributed by atoms with Crippen molar-refractivity contribution in [2.75, 3.05) is 6.54 Å². The molecule has 0 saturated heterocycles. The molecule has 0 unspecified atom stereocenters. The van der Waals surface area contributed by atoms with E-state index in [0.717, 1.165) is 17.7 Å². The van der Waals surface area contributed by atoms with Gasteiger partial charge in [-0.25, -0.2) is 13.1 Å². The van der Waals surface area contributed by atoms with E-state index >= 15 is 0 Å². The summed E-state index contributed by atoms with van der Waals surface area (Å²) in [5, 5.41) is 1.65. The molecule has 96 valence electrons. The van der Waals surface area contributed by atoms with E-state index in [1.807, 2.05) is 0 Å². The monoisotopic (exact) mass is 274 g/mol. The highest BCUT2D eigenvalue weighted by Crippen LogP contribution is 2.39. The quantitative estimate of drug-likeness (QED) is 0.858. The highest BCUT2D eigenvalue weighted by Gasteiger charge is 2.33. The summed E-state index contributed by atoms with van der Waals surface area (Å²) in [7, 11) is -3.35.